The van der Waals surface area contributed by atoms with Gasteiger partial charge >= 0.3 is 0 Å². The van der Waals surface area contributed by atoms with Crippen LogP contribution in [0.4, 0.5) is 0 Å². The quantitative estimate of drug-likeness (QED) is 0.841. The van der Waals surface area contributed by atoms with Gasteiger partial charge in [0, 0.05) is 4.90 Å². The zero-order valence-corrected chi connectivity index (χ0v) is 9.67. The monoisotopic (exact) mass is 244 g/mol. The van der Waals surface area contributed by atoms with E-state index in [1.54, 1.807) is 0 Å². The molecule has 1 aliphatic heterocycles. The highest BCUT2D eigenvalue weighted by molar-refractivity contribution is 8.02. The van der Waals surface area contributed by atoms with Crippen LogP contribution in [-0.2, 0) is 9.84 Å². The fraction of sp³-hybridized carbons (Fsp3) is 0.400. The molecule has 82 valence electrons. The SMILES string of the molecule is O=S1(=O)C[C@H](O)[C@H](Sc2ccccc2)C1. The molecule has 3 nitrogen and oxygen atoms in total. The average molecular weight is 244 g/mol. The summed E-state index contributed by atoms with van der Waals surface area (Å²) in [4.78, 5) is 0.999. The third-order valence-corrected chi connectivity index (χ3v) is 5.56. The minimum atomic E-state index is -3.04. The molecule has 1 fully saturated rings. The molecule has 0 spiro atoms. The number of hydrogen-bond donors (Lipinski definition) is 1. The largest absolute Gasteiger partial charge is 0.391 e. The van der Waals surface area contributed by atoms with E-state index in [-0.39, 0.29) is 16.8 Å². The Morgan fingerprint density at radius 1 is 1.20 bits per heavy atom. The fourth-order valence-electron chi connectivity index (χ4n) is 1.58. The molecule has 0 saturated carbocycles. The molecule has 2 atom stereocenters. The minimum Gasteiger partial charge on any atom is -0.391 e. The second-order valence-corrected chi connectivity index (χ2v) is 7.08. The van der Waals surface area contributed by atoms with Crippen molar-refractivity contribution in [2.45, 2.75) is 16.2 Å². The summed E-state index contributed by atoms with van der Waals surface area (Å²) in [6.45, 7) is 0. The van der Waals surface area contributed by atoms with Crippen LogP contribution < -0.4 is 0 Å². The molecule has 15 heavy (non-hydrogen) atoms. The summed E-state index contributed by atoms with van der Waals surface area (Å²) in [7, 11) is -3.04. The lowest BCUT2D eigenvalue weighted by Gasteiger charge is -2.11. The lowest BCUT2D eigenvalue weighted by atomic mass is 10.3. The molecule has 1 aliphatic rings. The van der Waals surface area contributed by atoms with Gasteiger partial charge in [-0.15, -0.1) is 11.8 Å². The van der Waals surface area contributed by atoms with Gasteiger partial charge in [-0.05, 0) is 12.1 Å². The van der Waals surface area contributed by atoms with Crippen molar-refractivity contribution in [3.05, 3.63) is 30.3 Å². The summed E-state index contributed by atoms with van der Waals surface area (Å²) in [5, 5.41) is 9.36. The Morgan fingerprint density at radius 2 is 1.87 bits per heavy atom. The first-order chi connectivity index (χ1) is 7.07. The van der Waals surface area contributed by atoms with Crippen molar-refractivity contribution in [2.24, 2.45) is 0 Å². The molecule has 1 saturated heterocycles. The van der Waals surface area contributed by atoms with E-state index >= 15 is 0 Å². The van der Waals surface area contributed by atoms with Crippen LogP contribution in [0.5, 0.6) is 0 Å². The lowest BCUT2D eigenvalue weighted by molar-refractivity contribution is 0.207. The fourth-order valence-corrected chi connectivity index (χ4v) is 5.13. The van der Waals surface area contributed by atoms with E-state index < -0.39 is 15.9 Å². The number of sulfone groups is 1. The van der Waals surface area contributed by atoms with Crippen molar-refractivity contribution < 1.29 is 13.5 Å². The minimum absolute atomic E-state index is 0.0771. The van der Waals surface area contributed by atoms with Gasteiger partial charge in [-0.3, -0.25) is 0 Å². The van der Waals surface area contributed by atoms with Crippen LogP contribution in [-0.4, -0.2) is 36.4 Å². The summed E-state index contributed by atoms with van der Waals surface area (Å²) in [5.41, 5.74) is 0. The van der Waals surface area contributed by atoms with E-state index in [0.29, 0.717) is 0 Å². The summed E-state index contributed by atoms with van der Waals surface area (Å²) < 4.78 is 22.5. The molecule has 1 aromatic rings. The second kappa shape index (κ2) is 4.15. The van der Waals surface area contributed by atoms with Gasteiger partial charge in [-0.2, -0.15) is 0 Å². The molecule has 0 unspecified atom stereocenters. The first kappa shape index (κ1) is 11.0. The van der Waals surface area contributed by atoms with E-state index in [0.717, 1.165) is 4.90 Å². The Bertz CT molecular complexity index is 427. The van der Waals surface area contributed by atoms with Gasteiger partial charge in [0.25, 0.3) is 0 Å². The maximum atomic E-state index is 11.3. The van der Waals surface area contributed by atoms with Crippen molar-refractivity contribution in [1.29, 1.82) is 0 Å². The molecule has 0 bridgehead atoms. The Balaban J connectivity index is 2.08. The molecule has 1 heterocycles. The first-order valence-electron chi connectivity index (χ1n) is 4.67. The van der Waals surface area contributed by atoms with E-state index in [2.05, 4.69) is 0 Å². The molecule has 0 aliphatic carbocycles. The van der Waals surface area contributed by atoms with Crippen molar-refractivity contribution in [3.63, 3.8) is 0 Å². The van der Waals surface area contributed by atoms with Crippen LogP contribution in [0.3, 0.4) is 0 Å². The highest BCUT2D eigenvalue weighted by Gasteiger charge is 2.36. The van der Waals surface area contributed by atoms with Gasteiger partial charge in [0.2, 0.25) is 0 Å². The predicted molar refractivity (Wildman–Crippen MR) is 60.7 cm³/mol. The van der Waals surface area contributed by atoms with E-state index in [1.165, 1.54) is 11.8 Å². The van der Waals surface area contributed by atoms with Gasteiger partial charge in [-0.1, -0.05) is 18.2 Å². The normalized spacial score (nSPS) is 29.1. The Morgan fingerprint density at radius 3 is 2.40 bits per heavy atom. The highest BCUT2D eigenvalue weighted by Crippen LogP contribution is 2.30. The molecule has 0 amide bonds. The third-order valence-electron chi connectivity index (χ3n) is 2.30. The molecule has 0 aromatic heterocycles. The van der Waals surface area contributed by atoms with Crippen LogP contribution >= 0.6 is 11.8 Å². The molecule has 2 rings (SSSR count). The molecule has 5 heteroatoms. The van der Waals surface area contributed by atoms with Crippen LogP contribution in [0.1, 0.15) is 0 Å². The summed E-state index contributed by atoms with van der Waals surface area (Å²) >= 11 is 1.43. The average Bonchev–Trinajstić information content (AvgIpc) is 2.41. The van der Waals surface area contributed by atoms with Crippen molar-refractivity contribution >= 4 is 21.6 Å². The van der Waals surface area contributed by atoms with Crippen LogP contribution in [0.25, 0.3) is 0 Å². The van der Waals surface area contributed by atoms with E-state index in [9.17, 15) is 13.5 Å². The molecular weight excluding hydrogens is 232 g/mol. The van der Waals surface area contributed by atoms with Gasteiger partial charge in [0.15, 0.2) is 9.84 Å². The summed E-state index contributed by atoms with van der Waals surface area (Å²) in [5.74, 6) is -0.0226. The number of rotatable bonds is 2. The molecular formula is C10H12O3S2. The van der Waals surface area contributed by atoms with E-state index in [4.69, 9.17) is 0 Å². The van der Waals surface area contributed by atoms with E-state index in [1.807, 2.05) is 30.3 Å². The van der Waals surface area contributed by atoms with Crippen LogP contribution in [0.15, 0.2) is 35.2 Å². The molecule has 1 aromatic carbocycles. The zero-order chi connectivity index (χ0) is 10.9. The van der Waals surface area contributed by atoms with Gasteiger partial charge in [-0.25, -0.2) is 8.42 Å². The third kappa shape index (κ3) is 2.74. The molecule has 1 N–H and O–H groups in total. The Kier molecular flexibility index (Phi) is 3.04. The predicted octanol–water partition coefficient (Wildman–Crippen LogP) is 0.937. The summed E-state index contributed by atoms with van der Waals surface area (Å²) in [6, 6.07) is 9.55. The number of thioether (sulfide) groups is 1. The standard InChI is InChI=1S/C10H12O3S2/c11-9-6-15(12,13)7-10(9)14-8-4-2-1-3-5-8/h1-5,9-11H,6-7H2/t9-,10+/m0/s1. The Hall–Kier alpha value is -0.520. The lowest BCUT2D eigenvalue weighted by Crippen LogP contribution is -2.19. The number of aliphatic hydroxyl groups excluding tert-OH is 1. The van der Waals surface area contributed by atoms with Crippen LogP contribution in [0.2, 0.25) is 0 Å². The maximum absolute atomic E-state index is 11.3. The Labute approximate surface area is 93.4 Å². The maximum Gasteiger partial charge on any atom is 0.154 e. The van der Waals surface area contributed by atoms with Gasteiger partial charge in [0.05, 0.1) is 22.9 Å². The van der Waals surface area contributed by atoms with Gasteiger partial charge in [0.1, 0.15) is 0 Å². The summed E-state index contributed by atoms with van der Waals surface area (Å²) in [6.07, 6.45) is -0.736. The number of aliphatic hydroxyl groups is 1. The number of benzene rings is 1. The smallest absolute Gasteiger partial charge is 0.154 e. The van der Waals surface area contributed by atoms with Crippen LogP contribution in [0, 0.1) is 0 Å². The topological polar surface area (TPSA) is 54.4 Å². The molecule has 0 radical (unpaired) electrons. The van der Waals surface area contributed by atoms with Crippen molar-refractivity contribution in [2.75, 3.05) is 11.5 Å². The first-order valence-corrected chi connectivity index (χ1v) is 7.37. The van der Waals surface area contributed by atoms with Gasteiger partial charge < -0.3 is 5.11 Å². The van der Waals surface area contributed by atoms with Crippen molar-refractivity contribution in [3.8, 4) is 0 Å². The number of hydrogen-bond acceptors (Lipinski definition) is 4. The highest BCUT2D eigenvalue weighted by atomic mass is 32.2. The zero-order valence-electron chi connectivity index (χ0n) is 8.04. The second-order valence-electron chi connectivity index (χ2n) is 3.61. The van der Waals surface area contributed by atoms with Crippen molar-refractivity contribution in [1.82, 2.24) is 0 Å².